The summed E-state index contributed by atoms with van der Waals surface area (Å²) >= 11 is 15.4. The van der Waals surface area contributed by atoms with Crippen molar-refractivity contribution in [3.63, 3.8) is 0 Å². The number of aromatic nitrogens is 2. The molecule has 0 N–H and O–H groups in total. The first kappa shape index (κ1) is 37.0. The third kappa shape index (κ3) is 6.61. The van der Waals surface area contributed by atoms with Crippen LogP contribution in [0.5, 0.6) is 0 Å². The molecule has 8 rings (SSSR count). The molecule has 0 amide bonds. The molecule has 282 valence electrons. The average molecular weight is 794 g/mol. The SMILES string of the molecule is CC(C)(C)c1nc2ccc(Cl)c(S(=O)(=O)C3CCC4(CC3)OCC(c3cc(Cl)c(SC5CCC6(CC5)OCCO6)c5oc(C(C)(C)C)nc35)O4)c2o1. The Bertz CT molecular complexity index is 2110. The quantitative estimate of drug-likeness (QED) is 0.192. The van der Waals surface area contributed by atoms with Gasteiger partial charge in [-0.1, -0.05) is 64.7 Å². The van der Waals surface area contributed by atoms with Gasteiger partial charge in [-0.15, -0.1) is 11.8 Å². The molecule has 2 aromatic carbocycles. The second-order valence-electron chi connectivity index (χ2n) is 16.7. The molecule has 2 aliphatic carbocycles. The van der Waals surface area contributed by atoms with Crippen LogP contribution in [-0.4, -0.2) is 60.3 Å². The van der Waals surface area contributed by atoms with Gasteiger partial charge in [-0.3, -0.25) is 0 Å². The van der Waals surface area contributed by atoms with E-state index in [0.29, 0.717) is 72.1 Å². The van der Waals surface area contributed by atoms with Gasteiger partial charge in [0.2, 0.25) is 11.8 Å². The molecule has 10 nitrogen and oxygen atoms in total. The van der Waals surface area contributed by atoms with Gasteiger partial charge in [-0.25, -0.2) is 18.4 Å². The Labute approximate surface area is 318 Å². The molecular formula is C38H46Cl2N2O8S2. The van der Waals surface area contributed by atoms with Gasteiger partial charge in [0.1, 0.15) is 22.0 Å². The monoisotopic (exact) mass is 792 g/mol. The number of thioether (sulfide) groups is 1. The number of sulfone groups is 1. The molecule has 2 aromatic heterocycles. The molecule has 14 heteroatoms. The van der Waals surface area contributed by atoms with Gasteiger partial charge < -0.3 is 27.8 Å². The molecule has 52 heavy (non-hydrogen) atoms. The maximum Gasteiger partial charge on any atom is 0.200 e. The zero-order valence-corrected chi connectivity index (χ0v) is 33.6. The fourth-order valence-corrected chi connectivity index (χ4v) is 11.8. The number of halogens is 2. The first-order valence-corrected chi connectivity index (χ1v) is 21.4. The van der Waals surface area contributed by atoms with E-state index in [1.807, 2.05) is 26.8 Å². The fraction of sp³-hybridized carbons (Fsp3) is 0.632. The minimum absolute atomic E-state index is 0.00497. The predicted molar refractivity (Wildman–Crippen MR) is 200 cm³/mol. The molecule has 0 radical (unpaired) electrons. The predicted octanol–water partition coefficient (Wildman–Crippen LogP) is 9.85. The smallest absolute Gasteiger partial charge is 0.200 e. The van der Waals surface area contributed by atoms with Crippen LogP contribution in [0.15, 0.2) is 36.8 Å². The molecule has 2 spiro atoms. The van der Waals surface area contributed by atoms with Crippen LogP contribution in [0.25, 0.3) is 22.2 Å². The summed E-state index contributed by atoms with van der Waals surface area (Å²) in [7, 11) is -3.87. The van der Waals surface area contributed by atoms with Crippen molar-refractivity contribution in [3.8, 4) is 0 Å². The number of ether oxygens (including phenoxy) is 4. The van der Waals surface area contributed by atoms with Crippen LogP contribution in [0.2, 0.25) is 10.0 Å². The molecule has 2 aliphatic heterocycles. The van der Waals surface area contributed by atoms with E-state index in [1.165, 1.54) is 0 Å². The van der Waals surface area contributed by atoms with Gasteiger partial charge >= 0.3 is 0 Å². The lowest BCUT2D eigenvalue weighted by Gasteiger charge is -2.35. The van der Waals surface area contributed by atoms with Crippen LogP contribution in [0.3, 0.4) is 0 Å². The highest BCUT2D eigenvalue weighted by Crippen LogP contribution is 2.51. The summed E-state index contributed by atoms with van der Waals surface area (Å²) in [5.41, 5.74) is 2.15. The second kappa shape index (κ2) is 13.1. The summed E-state index contributed by atoms with van der Waals surface area (Å²) in [5, 5.41) is 0.372. The van der Waals surface area contributed by atoms with Crippen molar-refractivity contribution in [1.82, 2.24) is 9.97 Å². The minimum atomic E-state index is -3.87. The van der Waals surface area contributed by atoms with Crippen LogP contribution < -0.4 is 0 Å². The molecule has 4 aromatic rings. The first-order valence-electron chi connectivity index (χ1n) is 18.2. The van der Waals surface area contributed by atoms with Crippen molar-refractivity contribution in [2.75, 3.05) is 19.8 Å². The average Bonchev–Trinajstić information content (AvgIpc) is 3.89. The third-order valence-electron chi connectivity index (χ3n) is 10.8. The lowest BCUT2D eigenvalue weighted by molar-refractivity contribution is -0.187. The minimum Gasteiger partial charge on any atom is -0.439 e. The highest BCUT2D eigenvalue weighted by molar-refractivity contribution is 8.00. The molecule has 2 saturated heterocycles. The highest BCUT2D eigenvalue weighted by atomic mass is 35.5. The van der Waals surface area contributed by atoms with Crippen molar-refractivity contribution < 1.29 is 36.2 Å². The number of hydrogen-bond donors (Lipinski definition) is 0. The van der Waals surface area contributed by atoms with Crippen LogP contribution in [0.1, 0.15) is 116 Å². The largest absolute Gasteiger partial charge is 0.439 e. The van der Waals surface area contributed by atoms with Gasteiger partial charge in [0.15, 0.2) is 32.6 Å². The molecular weight excluding hydrogens is 747 g/mol. The topological polar surface area (TPSA) is 123 Å². The molecule has 4 fully saturated rings. The van der Waals surface area contributed by atoms with E-state index in [4.69, 9.17) is 56.0 Å². The third-order valence-corrected chi connectivity index (χ3v) is 15.4. The number of nitrogens with zero attached hydrogens (tertiary/aromatic N) is 2. The van der Waals surface area contributed by atoms with Gasteiger partial charge in [0.05, 0.1) is 40.0 Å². The van der Waals surface area contributed by atoms with Crippen molar-refractivity contribution in [2.24, 2.45) is 0 Å². The number of fused-ring (bicyclic) bond motifs is 2. The van der Waals surface area contributed by atoms with E-state index in [2.05, 4.69) is 25.8 Å². The Morgan fingerprint density at radius 3 is 2.06 bits per heavy atom. The van der Waals surface area contributed by atoms with Crippen molar-refractivity contribution >= 4 is 67.0 Å². The van der Waals surface area contributed by atoms with Crippen LogP contribution >= 0.6 is 35.0 Å². The molecule has 4 aliphatic rings. The number of benzene rings is 2. The zero-order chi connectivity index (χ0) is 36.8. The van der Waals surface area contributed by atoms with Crippen molar-refractivity contribution in [1.29, 1.82) is 0 Å². The number of rotatable bonds is 5. The van der Waals surface area contributed by atoms with Crippen LogP contribution in [0, 0.1) is 0 Å². The normalized spacial score (nSPS) is 24.2. The van der Waals surface area contributed by atoms with E-state index >= 15 is 0 Å². The van der Waals surface area contributed by atoms with Gasteiger partial charge in [0, 0.05) is 47.3 Å². The molecule has 0 bridgehead atoms. The second-order valence-corrected chi connectivity index (χ2v) is 21.0. The number of hydrogen-bond acceptors (Lipinski definition) is 11. The maximum absolute atomic E-state index is 14.2. The summed E-state index contributed by atoms with van der Waals surface area (Å²) in [6.45, 7) is 13.7. The maximum atomic E-state index is 14.2. The van der Waals surface area contributed by atoms with E-state index in [0.717, 1.165) is 41.7 Å². The molecule has 1 unspecified atom stereocenters. The number of oxazole rings is 2. The fourth-order valence-electron chi connectivity index (χ4n) is 7.83. The van der Waals surface area contributed by atoms with E-state index in [9.17, 15) is 8.42 Å². The summed E-state index contributed by atoms with van der Waals surface area (Å²) in [6.07, 6.45) is 4.62. The first-order chi connectivity index (χ1) is 24.5. The van der Waals surface area contributed by atoms with Gasteiger partial charge in [-0.05, 0) is 43.9 Å². The Balaban J connectivity index is 1.02. The van der Waals surface area contributed by atoms with Crippen molar-refractivity contribution in [2.45, 2.75) is 142 Å². The lowest BCUT2D eigenvalue weighted by Crippen LogP contribution is -2.39. The zero-order valence-electron chi connectivity index (χ0n) is 30.5. The van der Waals surface area contributed by atoms with E-state index < -0.39 is 38.2 Å². The Morgan fingerprint density at radius 2 is 1.40 bits per heavy atom. The Kier molecular flexibility index (Phi) is 9.34. The van der Waals surface area contributed by atoms with E-state index in [-0.39, 0.29) is 27.5 Å². The van der Waals surface area contributed by atoms with E-state index in [1.54, 1.807) is 23.9 Å². The molecule has 4 heterocycles. The summed E-state index contributed by atoms with van der Waals surface area (Å²) in [5.74, 6) is -0.276. The summed E-state index contributed by atoms with van der Waals surface area (Å²) < 4.78 is 66.0. The Hall–Kier alpha value is -1.90. The lowest BCUT2D eigenvalue weighted by atomic mass is 9.93. The summed E-state index contributed by atoms with van der Waals surface area (Å²) in [4.78, 5) is 10.5. The standard InChI is InChI=1S/C38H46Cl2N2O8S2/c1-35(2,3)33-41-26-8-7-24(39)32(29(26)48-33)52(43,44)22-11-15-38(16-12-22)47-20-27(50-38)23-19-25(40)31(30-28(23)42-34(49-30)36(4,5)6)51-21-9-13-37(14-10-21)45-17-18-46-37/h7-8,19,21-22,27H,9-18,20H2,1-6H3. The summed E-state index contributed by atoms with van der Waals surface area (Å²) in [6, 6.07) is 5.23. The van der Waals surface area contributed by atoms with Crippen molar-refractivity contribution in [3.05, 3.63) is 45.6 Å². The van der Waals surface area contributed by atoms with Gasteiger partial charge in [-0.2, -0.15) is 0 Å². The molecule has 2 saturated carbocycles. The van der Waals surface area contributed by atoms with Crippen LogP contribution in [-0.2, 0) is 39.6 Å². The van der Waals surface area contributed by atoms with Crippen LogP contribution in [0.4, 0.5) is 0 Å². The Morgan fingerprint density at radius 1 is 0.788 bits per heavy atom. The molecule has 1 atom stereocenters. The highest BCUT2D eigenvalue weighted by Gasteiger charge is 2.49. The van der Waals surface area contributed by atoms with Gasteiger partial charge in [0.25, 0.3) is 0 Å².